The summed E-state index contributed by atoms with van der Waals surface area (Å²) >= 11 is 1.67. The van der Waals surface area contributed by atoms with Crippen molar-refractivity contribution in [3.05, 3.63) is 70.3 Å². The predicted molar refractivity (Wildman–Crippen MR) is 113 cm³/mol. The Bertz CT molecular complexity index is 784. The first-order valence-corrected chi connectivity index (χ1v) is 10.4. The Morgan fingerprint density at radius 2 is 1.75 bits per heavy atom. The minimum atomic E-state index is -1.06. The fourth-order valence-electron chi connectivity index (χ4n) is 2.98. The van der Waals surface area contributed by atoms with Gasteiger partial charge in [-0.3, -0.25) is 0 Å². The van der Waals surface area contributed by atoms with E-state index in [1.165, 1.54) is 22.3 Å². The number of ether oxygens (including phenoxy) is 1. The van der Waals surface area contributed by atoms with Crippen LogP contribution in [0, 0.1) is 20.8 Å². The number of amides is 1. The maximum atomic E-state index is 11.9. The van der Waals surface area contributed by atoms with Crippen molar-refractivity contribution in [3.63, 3.8) is 0 Å². The number of carbonyl (C=O) groups excluding carboxylic acids is 1. The average molecular weight is 402 g/mol. The SMILES string of the molecule is Cc1cc(C)c(CSCCC(NC(=O)OCc2ccccc2)C(=O)O)c(C)c1. The molecule has 0 saturated heterocycles. The molecule has 0 aliphatic rings. The molecule has 28 heavy (non-hydrogen) atoms. The number of aryl methyl sites for hydroxylation is 3. The third-order valence-corrected chi connectivity index (χ3v) is 5.46. The Morgan fingerprint density at radius 3 is 2.36 bits per heavy atom. The molecule has 0 aromatic heterocycles. The van der Waals surface area contributed by atoms with Gasteiger partial charge in [0.25, 0.3) is 0 Å². The first-order valence-electron chi connectivity index (χ1n) is 9.21. The van der Waals surface area contributed by atoms with Crippen LogP contribution >= 0.6 is 11.8 Å². The zero-order valence-electron chi connectivity index (χ0n) is 16.5. The molecule has 2 rings (SSSR count). The number of aliphatic carboxylic acids is 1. The van der Waals surface area contributed by atoms with Crippen LogP contribution in [0.15, 0.2) is 42.5 Å². The number of carboxylic acids is 1. The molecule has 2 aromatic rings. The van der Waals surface area contributed by atoms with Gasteiger partial charge in [-0.2, -0.15) is 11.8 Å². The Balaban J connectivity index is 1.78. The molecule has 0 spiro atoms. The molecule has 0 aliphatic carbocycles. The van der Waals surface area contributed by atoms with Crippen molar-refractivity contribution in [3.8, 4) is 0 Å². The second kappa shape index (κ2) is 10.8. The van der Waals surface area contributed by atoms with Gasteiger partial charge in [0, 0.05) is 5.75 Å². The van der Waals surface area contributed by atoms with Crippen molar-refractivity contribution in [2.45, 2.75) is 45.6 Å². The zero-order chi connectivity index (χ0) is 20.5. The topological polar surface area (TPSA) is 75.6 Å². The van der Waals surface area contributed by atoms with Crippen LogP contribution in [0.3, 0.4) is 0 Å². The lowest BCUT2D eigenvalue weighted by Gasteiger charge is -2.15. The molecule has 2 N–H and O–H groups in total. The van der Waals surface area contributed by atoms with E-state index < -0.39 is 18.1 Å². The minimum Gasteiger partial charge on any atom is -0.480 e. The number of thioether (sulfide) groups is 1. The molecule has 150 valence electrons. The summed E-state index contributed by atoms with van der Waals surface area (Å²) in [5.74, 6) is 0.394. The zero-order valence-corrected chi connectivity index (χ0v) is 17.3. The fraction of sp³-hybridized carbons (Fsp3) is 0.364. The lowest BCUT2D eigenvalue weighted by atomic mass is 10.0. The first kappa shape index (κ1) is 21.8. The number of rotatable bonds is 9. The number of hydrogen-bond donors (Lipinski definition) is 2. The molecular formula is C22H27NO4S. The number of benzene rings is 2. The summed E-state index contributed by atoms with van der Waals surface area (Å²) < 4.78 is 5.11. The molecule has 5 nitrogen and oxygen atoms in total. The van der Waals surface area contributed by atoms with Crippen LogP contribution in [0.1, 0.15) is 34.2 Å². The van der Waals surface area contributed by atoms with Gasteiger partial charge in [-0.05, 0) is 55.2 Å². The number of alkyl carbamates (subject to hydrolysis) is 1. The molecule has 1 unspecified atom stereocenters. The van der Waals surface area contributed by atoms with Gasteiger partial charge in [-0.25, -0.2) is 9.59 Å². The highest BCUT2D eigenvalue weighted by atomic mass is 32.2. The van der Waals surface area contributed by atoms with E-state index in [1.807, 2.05) is 30.3 Å². The maximum Gasteiger partial charge on any atom is 0.408 e. The summed E-state index contributed by atoms with van der Waals surface area (Å²) in [4.78, 5) is 23.3. The van der Waals surface area contributed by atoms with Gasteiger partial charge in [0.15, 0.2) is 0 Å². The van der Waals surface area contributed by atoms with Crippen molar-refractivity contribution in [2.24, 2.45) is 0 Å². The van der Waals surface area contributed by atoms with E-state index in [0.29, 0.717) is 12.2 Å². The van der Waals surface area contributed by atoms with Crippen molar-refractivity contribution in [1.82, 2.24) is 5.32 Å². The second-order valence-electron chi connectivity index (χ2n) is 6.82. The Hall–Kier alpha value is -2.47. The van der Waals surface area contributed by atoms with Crippen LogP contribution in [0.25, 0.3) is 0 Å². The Labute approximate surface area is 170 Å². The van der Waals surface area contributed by atoms with Gasteiger partial charge in [0.05, 0.1) is 0 Å². The average Bonchev–Trinajstić information content (AvgIpc) is 2.64. The molecule has 1 amide bonds. The summed E-state index contributed by atoms with van der Waals surface area (Å²) in [7, 11) is 0. The van der Waals surface area contributed by atoms with E-state index in [0.717, 1.165) is 11.3 Å². The van der Waals surface area contributed by atoms with Crippen molar-refractivity contribution < 1.29 is 19.4 Å². The van der Waals surface area contributed by atoms with Crippen molar-refractivity contribution in [2.75, 3.05) is 5.75 Å². The lowest BCUT2D eigenvalue weighted by Crippen LogP contribution is -2.41. The molecule has 0 radical (unpaired) electrons. The van der Waals surface area contributed by atoms with E-state index in [9.17, 15) is 14.7 Å². The molecule has 2 aromatic carbocycles. The second-order valence-corrected chi connectivity index (χ2v) is 7.92. The number of nitrogens with one attached hydrogen (secondary N) is 1. The molecule has 0 bridgehead atoms. The van der Waals surface area contributed by atoms with Gasteiger partial charge in [-0.1, -0.05) is 48.0 Å². The molecule has 0 heterocycles. The molecule has 0 fully saturated rings. The molecular weight excluding hydrogens is 374 g/mol. The van der Waals surface area contributed by atoms with Gasteiger partial charge >= 0.3 is 12.1 Å². The largest absolute Gasteiger partial charge is 0.480 e. The van der Waals surface area contributed by atoms with Crippen LogP contribution in [0.2, 0.25) is 0 Å². The van der Waals surface area contributed by atoms with Crippen molar-refractivity contribution >= 4 is 23.8 Å². The third-order valence-electron chi connectivity index (χ3n) is 4.44. The Kier molecular flexibility index (Phi) is 8.39. The van der Waals surface area contributed by atoms with Gasteiger partial charge in [-0.15, -0.1) is 0 Å². The highest BCUT2D eigenvalue weighted by Crippen LogP contribution is 2.22. The lowest BCUT2D eigenvalue weighted by molar-refractivity contribution is -0.139. The van der Waals surface area contributed by atoms with Crippen LogP contribution in [0.4, 0.5) is 4.79 Å². The standard InChI is InChI=1S/C22H27NO4S/c1-15-11-16(2)19(17(3)12-15)14-28-10-9-20(21(24)25)23-22(26)27-13-18-7-5-4-6-8-18/h4-8,11-12,20H,9-10,13-14H2,1-3H3,(H,23,26)(H,24,25). The fourth-order valence-corrected chi connectivity index (χ4v) is 4.18. The monoisotopic (exact) mass is 401 g/mol. The van der Waals surface area contributed by atoms with Crippen LogP contribution in [-0.4, -0.2) is 29.0 Å². The van der Waals surface area contributed by atoms with E-state index in [4.69, 9.17) is 4.74 Å². The highest BCUT2D eigenvalue weighted by molar-refractivity contribution is 7.98. The quantitative estimate of drug-likeness (QED) is 0.600. The van der Waals surface area contributed by atoms with Gasteiger partial charge in [0.1, 0.15) is 12.6 Å². The van der Waals surface area contributed by atoms with E-state index in [2.05, 4.69) is 38.2 Å². The molecule has 6 heteroatoms. The highest BCUT2D eigenvalue weighted by Gasteiger charge is 2.20. The van der Waals surface area contributed by atoms with E-state index in [1.54, 1.807) is 11.8 Å². The van der Waals surface area contributed by atoms with E-state index >= 15 is 0 Å². The summed E-state index contributed by atoms with van der Waals surface area (Å²) in [5.41, 5.74) is 5.89. The molecule has 1 atom stereocenters. The van der Waals surface area contributed by atoms with Crippen LogP contribution in [0.5, 0.6) is 0 Å². The summed E-state index contributed by atoms with van der Waals surface area (Å²) in [6, 6.07) is 12.6. The van der Waals surface area contributed by atoms with Gasteiger partial charge < -0.3 is 15.2 Å². The minimum absolute atomic E-state index is 0.111. The predicted octanol–water partition coefficient (Wildman–Crippen LogP) is 4.61. The normalized spacial score (nSPS) is 11.7. The third kappa shape index (κ3) is 6.93. The maximum absolute atomic E-state index is 11.9. The summed E-state index contributed by atoms with van der Waals surface area (Å²) in [6.07, 6.45) is -0.379. The molecule has 0 saturated carbocycles. The van der Waals surface area contributed by atoms with Crippen LogP contribution in [-0.2, 0) is 21.9 Å². The Morgan fingerprint density at radius 1 is 1.11 bits per heavy atom. The van der Waals surface area contributed by atoms with Crippen LogP contribution < -0.4 is 5.32 Å². The van der Waals surface area contributed by atoms with Gasteiger partial charge in [0.2, 0.25) is 0 Å². The van der Waals surface area contributed by atoms with Crippen molar-refractivity contribution in [1.29, 1.82) is 0 Å². The number of carbonyl (C=O) groups is 2. The summed E-state index contributed by atoms with van der Waals surface area (Å²) in [5, 5.41) is 11.8. The number of carboxylic acid groups (broad SMARTS) is 1. The smallest absolute Gasteiger partial charge is 0.408 e. The number of hydrogen-bond acceptors (Lipinski definition) is 4. The van der Waals surface area contributed by atoms with E-state index in [-0.39, 0.29) is 6.61 Å². The summed E-state index contributed by atoms with van der Waals surface area (Å²) in [6.45, 7) is 6.39. The first-order chi connectivity index (χ1) is 13.4. The molecule has 0 aliphatic heterocycles.